The van der Waals surface area contributed by atoms with E-state index < -0.39 is 10.0 Å². The Bertz CT molecular complexity index is 780. The summed E-state index contributed by atoms with van der Waals surface area (Å²) in [6, 6.07) is 4.94. The molecule has 3 fully saturated rings. The molecule has 5 rings (SSSR count). The van der Waals surface area contributed by atoms with E-state index in [2.05, 4.69) is 17.3 Å². The number of rotatable bonds is 2. The largest absolute Gasteiger partial charge is 0.482 e. The highest BCUT2D eigenvalue weighted by molar-refractivity contribution is 7.89. The second-order valence-electron chi connectivity index (χ2n) is 6.85. The lowest BCUT2D eigenvalue weighted by molar-refractivity contribution is -0.118. The van der Waals surface area contributed by atoms with Gasteiger partial charge in [0.15, 0.2) is 6.61 Å². The van der Waals surface area contributed by atoms with E-state index in [1.54, 1.807) is 16.4 Å². The zero-order valence-corrected chi connectivity index (χ0v) is 14.4. The molecule has 130 valence electrons. The fraction of sp³-hybridized carbons (Fsp3) is 0.562. The fourth-order valence-corrected chi connectivity index (χ4v) is 5.42. The number of sulfonamides is 1. The SMILES string of the molecule is CN1C[C@H]2CC[C@@H]1CN(S(=O)(=O)c1ccc3c(c1)NC(=O)CO3)C2. The van der Waals surface area contributed by atoms with Gasteiger partial charge in [-0.2, -0.15) is 4.31 Å². The smallest absolute Gasteiger partial charge is 0.262 e. The Morgan fingerprint density at radius 2 is 2.04 bits per heavy atom. The molecule has 0 aliphatic carbocycles. The molecule has 24 heavy (non-hydrogen) atoms. The quantitative estimate of drug-likeness (QED) is 0.850. The van der Waals surface area contributed by atoms with Crippen molar-refractivity contribution in [1.82, 2.24) is 9.21 Å². The predicted molar refractivity (Wildman–Crippen MR) is 88.5 cm³/mol. The summed E-state index contributed by atoms with van der Waals surface area (Å²) in [6.07, 6.45) is 2.12. The average Bonchev–Trinajstić information content (AvgIpc) is 2.86. The minimum absolute atomic E-state index is 0.0408. The van der Waals surface area contributed by atoms with E-state index >= 15 is 0 Å². The number of fused-ring (bicyclic) bond motifs is 5. The van der Waals surface area contributed by atoms with E-state index in [4.69, 9.17) is 4.74 Å². The van der Waals surface area contributed by atoms with Gasteiger partial charge in [0.25, 0.3) is 5.91 Å². The standard InChI is InChI=1S/C16H21N3O4S/c1-18-7-11-2-3-12(18)9-19(8-11)24(21,22)13-4-5-15-14(6-13)17-16(20)10-23-15/h4-6,11-12H,2-3,7-10H2,1H3,(H,17,20)/t11-,12-/m1/s1. The Labute approximate surface area is 141 Å². The molecule has 3 saturated heterocycles. The molecule has 0 unspecified atom stereocenters. The number of piperidine rings is 1. The van der Waals surface area contributed by atoms with Crippen molar-refractivity contribution in [3.05, 3.63) is 18.2 Å². The summed E-state index contributed by atoms with van der Waals surface area (Å²) in [6.45, 7) is 1.99. The van der Waals surface area contributed by atoms with Crippen LogP contribution in [0.1, 0.15) is 12.8 Å². The predicted octanol–water partition coefficient (Wildman–Crippen LogP) is 0.732. The number of likely N-dealkylation sites (N-methyl/N-ethyl adjacent to an activating group) is 1. The van der Waals surface area contributed by atoms with Crippen LogP contribution in [0.15, 0.2) is 23.1 Å². The molecule has 4 aliphatic rings. The van der Waals surface area contributed by atoms with E-state index in [1.807, 2.05) is 0 Å². The van der Waals surface area contributed by atoms with Gasteiger partial charge in [-0.1, -0.05) is 0 Å². The van der Waals surface area contributed by atoms with Crippen LogP contribution in [0.25, 0.3) is 0 Å². The first-order chi connectivity index (χ1) is 11.4. The second kappa shape index (κ2) is 5.72. The van der Waals surface area contributed by atoms with Crippen LogP contribution in [0, 0.1) is 5.92 Å². The highest BCUT2D eigenvalue weighted by atomic mass is 32.2. The van der Waals surface area contributed by atoms with Crippen LogP contribution < -0.4 is 10.1 Å². The van der Waals surface area contributed by atoms with Crippen LogP contribution in [0.5, 0.6) is 5.75 Å². The number of hydrogen-bond acceptors (Lipinski definition) is 5. The molecule has 0 aromatic heterocycles. The second-order valence-corrected chi connectivity index (χ2v) is 8.79. The third-order valence-corrected chi connectivity index (χ3v) is 7.00. The Morgan fingerprint density at radius 1 is 1.21 bits per heavy atom. The van der Waals surface area contributed by atoms with Crippen LogP contribution in [0.2, 0.25) is 0 Å². The van der Waals surface area contributed by atoms with Gasteiger partial charge >= 0.3 is 0 Å². The van der Waals surface area contributed by atoms with Gasteiger partial charge in [0, 0.05) is 25.7 Å². The number of hydrogen-bond donors (Lipinski definition) is 1. The van der Waals surface area contributed by atoms with Crippen molar-refractivity contribution >= 4 is 21.6 Å². The molecule has 4 aliphatic heterocycles. The maximum Gasteiger partial charge on any atom is 0.262 e. The highest BCUT2D eigenvalue weighted by Crippen LogP contribution is 2.34. The fourth-order valence-electron chi connectivity index (χ4n) is 3.84. The lowest BCUT2D eigenvalue weighted by Crippen LogP contribution is -2.41. The Kier molecular flexibility index (Phi) is 3.78. The number of nitrogens with one attached hydrogen (secondary N) is 1. The molecule has 1 aromatic rings. The monoisotopic (exact) mass is 351 g/mol. The molecule has 2 atom stereocenters. The summed E-state index contributed by atoms with van der Waals surface area (Å²) >= 11 is 0. The van der Waals surface area contributed by atoms with Crippen molar-refractivity contribution < 1.29 is 17.9 Å². The summed E-state index contributed by atoms with van der Waals surface area (Å²) in [4.78, 5) is 13.9. The number of anilines is 1. The summed E-state index contributed by atoms with van der Waals surface area (Å²) in [5.74, 6) is 0.611. The molecule has 0 radical (unpaired) electrons. The van der Waals surface area contributed by atoms with Crippen LogP contribution in [-0.2, 0) is 14.8 Å². The summed E-state index contributed by atoms with van der Waals surface area (Å²) in [7, 11) is -1.52. The van der Waals surface area contributed by atoms with Crippen molar-refractivity contribution in [2.75, 3.05) is 38.6 Å². The first-order valence-electron chi connectivity index (χ1n) is 8.20. The maximum atomic E-state index is 13.1. The van der Waals surface area contributed by atoms with Crippen LogP contribution in [-0.4, -0.2) is 62.9 Å². The van der Waals surface area contributed by atoms with E-state index in [9.17, 15) is 13.2 Å². The summed E-state index contributed by atoms with van der Waals surface area (Å²) in [5, 5.41) is 2.67. The van der Waals surface area contributed by atoms with Gasteiger partial charge in [0.05, 0.1) is 10.6 Å². The molecule has 8 heteroatoms. The molecule has 7 nitrogen and oxygen atoms in total. The zero-order chi connectivity index (χ0) is 16.9. The number of carbonyl (C=O) groups is 1. The summed E-state index contributed by atoms with van der Waals surface area (Å²) < 4.78 is 33.1. The van der Waals surface area contributed by atoms with Crippen LogP contribution >= 0.6 is 0 Å². The first kappa shape index (κ1) is 15.9. The number of benzene rings is 1. The van der Waals surface area contributed by atoms with Crippen molar-refractivity contribution in [2.24, 2.45) is 5.92 Å². The van der Waals surface area contributed by atoms with Gasteiger partial charge in [0.2, 0.25) is 10.0 Å². The Balaban J connectivity index is 1.65. The molecular weight excluding hydrogens is 330 g/mol. The lowest BCUT2D eigenvalue weighted by atomic mass is 9.96. The summed E-state index contributed by atoms with van der Waals surface area (Å²) in [5.41, 5.74) is 0.419. The number of nitrogens with zero attached hydrogens (tertiary/aromatic N) is 2. The third kappa shape index (κ3) is 2.68. The topological polar surface area (TPSA) is 79.0 Å². The van der Waals surface area contributed by atoms with Crippen molar-refractivity contribution in [3.63, 3.8) is 0 Å². The van der Waals surface area contributed by atoms with Crippen LogP contribution in [0.3, 0.4) is 0 Å². The highest BCUT2D eigenvalue weighted by Gasteiger charge is 2.38. The number of carbonyl (C=O) groups excluding carboxylic acids is 1. The van der Waals surface area contributed by atoms with Gasteiger partial charge in [-0.3, -0.25) is 4.79 Å². The third-order valence-electron chi connectivity index (χ3n) is 5.18. The van der Waals surface area contributed by atoms with E-state index in [1.165, 1.54) is 6.07 Å². The molecule has 4 heterocycles. The Hall–Kier alpha value is -1.64. The molecule has 2 bridgehead atoms. The van der Waals surface area contributed by atoms with Crippen LogP contribution in [0.4, 0.5) is 5.69 Å². The molecule has 1 N–H and O–H groups in total. The van der Waals surface area contributed by atoms with Crippen molar-refractivity contribution in [1.29, 1.82) is 0 Å². The van der Waals surface area contributed by atoms with Crippen molar-refractivity contribution in [3.8, 4) is 5.75 Å². The first-order valence-corrected chi connectivity index (χ1v) is 9.64. The molecule has 1 aromatic carbocycles. The van der Waals surface area contributed by atoms with Gasteiger partial charge in [-0.25, -0.2) is 8.42 Å². The van der Waals surface area contributed by atoms with Gasteiger partial charge in [-0.15, -0.1) is 0 Å². The van der Waals surface area contributed by atoms with Gasteiger partial charge in [-0.05, 0) is 44.0 Å². The minimum atomic E-state index is -3.59. The molecule has 1 amide bonds. The Morgan fingerprint density at radius 3 is 2.83 bits per heavy atom. The van der Waals surface area contributed by atoms with E-state index in [0.29, 0.717) is 30.4 Å². The maximum absolute atomic E-state index is 13.1. The molecular formula is C16H21N3O4S. The van der Waals surface area contributed by atoms with Crippen molar-refractivity contribution in [2.45, 2.75) is 23.8 Å². The minimum Gasteiger partial charge on any atom is -0.482 e. The van der Waals surface area contributed by atoms with E-state index in [0.717, 1.165) is 19.4 Å². The zero-order valence-electron chi connectivity index (χ0n) is 13.6. The normalized spacial score (nSPS) is 28.0. The molecule has 0 saturated carbocycles. The molecule has 0 spiro atoms. The average molecular weight is 351 g/mol. The number of amides is 1. The van der Waals surface area contributed by atoms with E-state index in [-0.39, 0.29) is 23.5 Å². The number of ether oxygens (including phenoxy) is 1. The van der Waals surface area contributed by atoms with Gasteiger partial charge < -0.3 is 15.0 Å². The lowest BCUT2D eigenvalue weighted by Gasteiger charge is -2.32. The van der Waals surface area contributed by atoms with Gasteiger partial charge in [0.1, 0.15) is 5.75 Å².